The summed E-state index contributed by atoms with van der Waals surface area (Å²) in [6.07, 6.45) is 2.95. The van der Waals surface area contributed by atoms with Crippen LogP contribution >= 0.6 is 34.7 Å². The molecule has 1 amide bonds. The molecule has 0 spiro atoms. The molecule has 0 radical (unpaired) electrons. The van der Waals surface area contributed by atoms with E-state index in [0.717, 1.165) is 40.1 Å². The molecule has 0 saturated heterocycles. The van der Waals surface area contributed by atoms with Crippen molar-refractivity contribution >= 4 is 50.8 Å². The fraction of sp³-hybridized carbons (Fsp3) is 0.409. The third-order valence-electron chi connectivity index (χ3n) is 5.89. The Morgan fingerprint density at radius 2 is 2.03 bits per heavy atom. The molecule has 1 unspecified atom stereocenters. The minimum Gasteiger partial charge on any atom is -0.346 e. The highest BCUT2D eigenvalue weighted by molar-refractivity contribution is 7.99. The molecular formula is C22H24ClN3O2S2. The third-order valence-corrected chi connectivity index (χ3v) is 8.40. The first-order valence-electron chi connectivity index (χ1n) is 9.98. The largest absolute Gasteiger partial charge is 0.346 e. The quantitative estimate of drug-likeness (QED) is 0.537. The number of fused-ring (bicyclic) bond motifs is 1. The Balaban J connectivity index is 1.43. The van der Waals surface area contributed by atoms with E-state index in [1.165, 1.54) is 23.1 Å². The maximum atomic E-state index is 12.9. The average molecular weight is 462 g/mol. The number of hydrogen-bond donors (Lipinski definition) is 2. The van der Waals surface area contributed by atoms with Crippen LogP contribution in [0.4, 0.5) is 0 Å². The topological polar surface area (TPSA) is 74.8 Å². The summed E-state index contributed by atoms with van der Waals surface area (Å²) in [5.74, 6) is 1.08. The van der Waals surface area contributed by atoms with Crippen molar-refractivity contribution in [2.24, 2.45) is 0 Å². The van der Waals surface area contributed by atoms with Crippen LogP contribution in [0.1, 0.15) is 48.0 Å². The molecule has 1 fully saturated rings. The number of nitrogens with one attached hydrogen (secondary N) is 2. The molecule has 2 N–H and O–H groups in total. The molecule has 4 rings (SSSR count). The van der Waals surface area contributed by atoms with Crippen LogP contribution in [-0.2, 0) is 16.1 Å². The number of thioether (sulfide) groups is 1. The Morgan fingerprint density at radius 1 is 1.33 bits per heavy atom. The Labute approximate surface area is 188 Å². The predicted molar refractivity (Wildman–Crippen MR) is 126 cm³/mol. The van der Waals surface area contributed by atoms with E-state index in [9.17, 15) is 9.59 Å². The van der Waals surface area contributed by atoms with Gasteiger partial charge in [-0.25, -0.2) is 4.98 Å². The second-order valence-corrected chi connectivity index (χ2v) is 10.8. The maximum Gasteiger partial charge on any atom is 0.259 e. The van der Waals surface area contributed by atoms with Crippen molar-refractivity contribution in [3.8, 4) is 0 Å². The van der Waals surface area contributed by atoms with Gasteiger partial charge < -0.3 is 10.3 Å². The predicted octanol–water partition coefficient (Wildman–Crippen LogP) is 5.07. The number of hydrogen-bond acceptors (Lipinski definition) is 5. The number of aromatic amines is 1. The summed E-state index contributed by atoms with van der Waals surface area (Å²) >= 11 is 9.03. The van der Waals surface area contributed by atoms with E-state index < -0.39 is 0 Å². The van der Waals surface area contributed by atoms with Crippen LogP contribution in [0.25, 0.3) is 10.2 Å². The van der Waals surface area contributed by atoms with E-state index in [1.807, 2.05) is 45.0 Å². The highest BCUT2D eigenvalue weighted by Crippen LogP contribution is 2.42. The molecule has 2 aromatic heterocycles. The molecule has 1 aliphatic rings. The van der Waals surface area contributed by atoms with Crippen LogP contribution in [-0.4, -0.2) is 21.1 Å². The van der Waals surface area contributed by atoms with Gasteiger partial charge in [0, 0.05) is 9.90 Å². The summed E-state index contributed by atoms with van der Waals surface area (Å²) in [6.45, 7) is 5.84. The highest BCUT2D eigenvalue weighted by atomic mass is 35.5. The van der Waals surface area contributed by atoms with Crippen LogP contribution in [0.3, 0.4) is 0 Å². The van der Waals surface area contributed by atoms with Crippen molar-refractivity contribution in [1.29, 1.82) is 0 Å². The standard InChI is InChI=1S/C22H24ClN3O2S2/c1-12-13(2)30-21-18(12)20(28)24-17(25-21)11-29-14(3)19(27)26-22(9-4-10-22)15-5-7-16(23)8-6-15/h5-8,14H,4,9-11H2,1-3H3,(H,26,27)(H,24,25,28). The minimum absolute atomic E-state index is 0.000822. The lowest BCUT2D eigenvalue weighted by Crippen LogP contribution is -2.52. The first kappa shape index (κ1) is 21.4. The third kappa shape index (κ3) is 4.03. The number of aromatic nitrogens is 2. The fourth-order valence-corrected chi connectivity index (χ4v) is 5.70. The SMILES string of the molecule is Cc1sc2nc(CSC(C)C(=O)NC3(c4ccc(Cl)cc4)CCC3)[nH]c(=O)c2c1C. The van der Waals surface area contributed by atoms with E-state index >= 15 is 0 Å². The average Bonchev–Trinajstić information content (AvgIpc) is 2.97. The van der Waals surface area contributed by atoms with Gasteiger partial charge >= 0.3 is 0 Å². The van der Waals surface area contributed by atoms with Gasteiger partial charge in [-0.05, 0) is 63.3 Å². The lowest BCUT2D eigenvalue weighted by Gasteiger charge is -2.43. The first-order valence-corrected chi connectivity index (χ1v) is 12.2. The van der Waals surface area contributed by atoms with Crippen molar-refractivity contribution in [1.82, 2.24) is 15.3 Å². The summed E-state index contributed by atoms with van der Waals surface area (Å²) in [5, 5.41) is 4.36. The highest BCUT2D eigenvalue weighted by Gasteiger charge is 2.40. The zero-order chi connectivity index (χ0) is 21.5. The normalized spacial score (nSPS) is 16.3. The molecule has 1 aliphatic carbocycles. The molecule has 2 heterocycles. The number of aryl methyl sites for hydroxylation is 2. The molecule has 30 heavy (non-hydrogen) atoms. The van der Waals surface area contributed by atoms with Crippen LogP contribution in [0.5, 0.6) is 0 Å². The van der Waals surface area contributed by atoms with Crippen LogP contribution in [0.15, 0.2) is 29.1 Å². The van der Waals surface area contributed by atoms with Crippen molar-refractivity contribution in [3.05, 3.63) is 61.5 Å². The number of rotatable bonds is 6. The summed E-state index contributed by atoms with van der Waals surface area (Å²) in [6, 6.07) is 7.73. The van der Waals surface area contributed by atoms with Gasteiger partial charge in [0.05, 0.1) is 21.9 Å². The molecule has 5 nitrogen and oxygen atoms in total. The molecule has 0 aliphatic heterocycles. The monoisotopic (exact) mass is 461 g/mol. The van der Waals surface area contributed by atoms with Crippen molar-refractivity contribution in [2.75, 3.05) is 0 Å². The lowest BCUT2D eigenvalue weighted by atomic mass is 9.71. The summed E-state index contributed by atoms with van der Waals surface area (Å²) < 4.78 is 0. The second kappa shape index (κ2) is 8.36. The molecule has 158 valence electrons. The zero-order valence-corrected chi connectivity index (χ0v) is 19.6. The van der Waals surface area contributed by atoms with Gasteiger partial charge in [-0.3, -0.25) is 9.59 Å². The Hall–Kier alpha value is -1.83. The van der Waals surface area contributed by atoms with Gasteiger partial charge in [-0.1, -0.05) is 23.7 Å². The van der Waals surface area contributed by atoms with E-state index in [1.54, 1.807) is 0 Å². The molecule has 1 atom stereocenters. The van der Waals surface area contributed by atoms with Crippen molar-refractivity contribution in [2.45, 2.75) is 56.6 Å². The van der Waals surface area contributed by atoms with Crippen LogP contribution in [0.2, 0.25) is 5.02 Å². The Kier molecular flexibility index (Phi) is 5.97. The Bertz CT molecular complexity index is 1150. The minimum atomic E-state index is -0.298. The number of amides is 1. The van der Waals surface area contributed by atoms with Crippen molar-refractivity contribution in [3.63, 3.8) is 0 Å². The summed E-state index contributed by atoms with van der Waals surface area (Å²) in [4.78, 5) is 34.7. The number of nitrogens with zero attached hydrogens (tertiary/aromatic N) is 1. The Morgan fingerprint density at radius 3 is 2.67 bits per heavy atom. The van der Waals surface area contributed by atoms with Gasteiger partial charge in [0.1, 0.15) is 10.7 Å². The molecule has 0 bridgehead atoms. The maximum absolute atomic E-state index is 12.9. The molecule has 3 aromatic rings. The number of H-pyrrole nitrogens is 1. The van der Waals surface area contributed by atoms with Crippen LogP contribution < -0.4 is 10.9 Å². The van der Waals surface area contributed by atoms with Gasteiger partial charge in [0.25, 0.3) is 5.56 Å². The van der Waals surface area contributed by atoms with E-state index in [2.05, 4.69) is 15.3 Å². The number of thiophene rings is 1. The molecule has 1 aromatic carbocycles. The van der Waals surface area contributed by atoms with E-state index in [-0.39, 0.29) is 22.3 Å². The molecular weight excluding hydrogens is 438 g/mol. The smallest absolute Gasteiger partial charge is 0.259 e. The van der Waals surface area contributed by atoms with Gasteiger partial charge in [-0.15, -0.1) is 23.1 Å². The van der Waals surface area contributed by atoms with E-state index in [0.29, 0.717) is 22.0 Å². The second-order valence-electron chi connectivity index (χ2n) is 7.86. The first-order chi connectivity index (χ1) is 14.3. The van der Waals surface area contributed by atoms with E-state index in [4.69, 9.17) is 11.6 Å². The van der Waals surface area contributed by atoms with Crippen LogP contribution in [0, 0.1) is 13.8 Å². The summed E-state index contributed by atoms with van der Waals surface area (Å²) in [7, 11) is 0. The fourth-order valence-electron chi connectivity index (χ4n) is 3.77. The molecule has 8 heteroatoms. The van der Waals surface area contributed by atoms with Gasteiger partial charge in [0.15, 0.2) is 0 Å². The van der Waals surface area contributed by atoms with Crippen molar-refractivity contribution < 1.29 is 4.79 Å². The van der Waals surface area contributed by atoms with Gasteiger partial charge in [-0.2, -0.15) is 0 Å². The summed E-state index contributed by atoms with van der Waals surface area (Å²) in [5.41, 5.74) is 1.69. The number of carbonyl (C=O) groups excluding carboxylic acids is 1. The number of carbonyl (C=O) groups is 1. The number of benzene rings is 1. The zero-order valence-electron chi connectivity index (χ0n) is 17.2. The van der Waals surface area contributed by atoms with Gasteiger partial charge in [0.2, 0.25) is 5.91 Å². The number of halogens is 1. The molecule has 1 saturated carbocycles. The lowest BCUT2D eigenvalue weighted by molar-refractivity contribution is -0.123.